The first-order valence-corrected chi connectivity index (χ1v) is 9.57. The van der Waals surface area contributed by atoms with Gasteiger partial charge in [0.25, 0.3) is 0 Å². The summed E-state index contributed by atoms with van der Waals surface area (Å²) in [5.74, 6) is 1.34. The number of carbonyl (C=O) groups is 1. The van der Waals surface area contributed by atoms with Crippen molar-refractivity contribution in [2.75, 3.05) is 0 Å². The second-order valence-electron chi connectivity index (χ2n) is 5.95. The average molecular weight is 416 g/mol. The number of halogens is 1. The zero-order chi connectivity index (χ0) is 18.9. The molecule has 5 heteroatoms. The number of benzene rings is 2. The minimum Gasteiger partial charge on any atom is -0.455 e. The molecule has 0 spiro atoms. The molecule has 26 heavy (non-hydrogen) atoms. The molecule has 0 aliphatic carbocycles. The van der Waals surface area contributed by atoms with Gasteiger partial charge in [-0.3, -0.25) is 4.79 Å². The van der Waals surface area contributed by atoms with Crippen molar-refractivity contribution < 1.29 is 14.3 Å². The normalized spacial score (nSPS) is 12.7. The van der Waals surface area contributed by atoms with Gasteiger partial charge in [0.15, 0.2) is 5.78 Å². The lowest BCUT2D eigenvalue weighted by Gasteiger charge is -2.20. The van der Waals surface area contributed by atoms with E-state index in [0.717, 1.165) is 19.3 Å². The number of carbonyl (C=O) groups excluding carboxylic acids is 1. The maximum atomic E-state index is 12.0. The van der Waals surface area contributed by atoms with Gasteiger partial charge in [0.05, 0.1) is 16.5 Å². The minimum absolute atomic E-state index is 0.0351. The fraction of sp³-hybridized carbons (Fsp3) is 0.333. The third-order valence-electron chi connectivity index (χ3n) is 3.81. The van der Waals surface area contributed by atoms with Crippen LogP contribution in [-0.4, -0.2) is 16.9 Å². The fourth-order valence-corrected chi connectivity index (χ4v) is 2.62. The summed E-state index contributed by atoms with van der Waals surface area (Å²) in [6.07, 6.45) is 2.32. The molecule has 4 nitrogen and oxygen atoms in total. The third kappa shape index (κ3) is 5.89. The number of Topliss-reactive ketones (excluding diaryl/α,β-unsaturated/α-hetero) is 1. The molecule has 0 bridgehead atoms. The number of nitrogens with zero attached hydrogens (tertiary/aromatic N) is 1. The van der Waals surface area contributed by atoms with Crippen LogP contribution in [0.4, 0.5) is 0 Å². The highest BCUT2D eigenvalue weighted by molar-refractivity contribution is 9.10. The predicted molar refractivity (Wildman–Crippen MR) is 105 cm³/mol. The molecule has 0 aliphatic heterocycles. The SMILES string of the molecule is CCCCC(Oc1ccc(C#N)cc1)Oc1ccc(C(=O)C(C)Br)cc1. The van der Waals surface area contributed by atoms with Crippen molar-refractivity contribution in [2.45, 2.75) is 44.2 Å². The van der Waals surface area contributed by atoms with Crippen molar-refractivity contribution in [1.29, 1.82) is 5.26 Å². The summed E-state index contributed by atoms with van der Waals surface area (Å²) in [4.78, 5) is 11.8. The van der Waals surface area contributed by atoms with Gasteiger partial charge in [-0.25, -0.2) is 0 Å². The summed E-state index contributed by atoms with van der Waals surface area (Å²) < 4.78 is 11.9. The molecule has 0 amide bonds. The number of ketones is 1. The Bertz CT molecular complexity index is 748. The number of nitriles is 1. The molecule has 0 saturated carbocycles. The van der Waals surface area contributed by atoms with E-state index >= 15 is 0 Å². The van der Waals surface area contributed by atoms with Gasteiger partial charge in [-0.1, -0.05) is 29.3 Å². The molecule has 136 valence electrons. The molecular weight excluding hydrogens is 394 g/mol. The van der Waals surface area contributed by atoms with Crippen LogP contribution < -0.4 is 9.47 Å². The Hall–Kier alpha value is -2.32. The standard InChI is InChI=1S/C21H22BrNO3/c1-3-4-5-20(25-18-10-6-16(14-23)7-11-18)26-19-12-8-17(9-13-19)21(24)15(2)22/h6-13,15,20H,3-5H2,1-2H3. The van der Waals surface area contributed by atoms with E-state index in [1.807, 2.05) is 0 Å². The molecule has 0 aromatic heterocycles. The molecular formula is C21H22BrNO3. The lowest BCUT2D eigenvalue weighted by atomic mass is 10.1. The van der Waals surface area contributed by atoms with Crippen LogP contribution in [0.2, 0.25) is 0 Å². The van der Waals surface area contributed by atoms with Crippen LogP contribution in [0.1, 0.15) is 49.0 Å². The number of hydrogen-bond acceptors (Lipinski definition) is 4. The fourth-order valence-electron chi connectivity index (χ4n) is 2.35. The van der Waals surface area contributed by atoms with Gasteiger partial charge in [0.2, 0.25) is 6.29 Å². The summed E-state index contributed by atoms with van der Waals surface area (Å²) in [6, 6.07) is 16.1. The van der Waals surface area contributed by atoms with E-state index in [9.17, 15) is 4.79 Å². The quantitative estimate of drug-likeness (QED) is 0.308. The van der Waals surface area contributed by atoms with E-state index in [1.165, 1.54) is 0 Å². The van der Waals surface area contributed by atoms with Crippen LogP contribution >= 0.6 is 15.9 Å². The van der Waals surface area contributed by atoms with Crippen molar-refractivity contribution in [3.05, 3.63) is 59.7 Å². The predicted octanol–water partition coefficient (Wildman–Crippen LogP) is 5.50. The Kier molecular flexibility index (Phi) is 7.68. The summed E-state index contributed by atoms with van der Waals surface area (Å²) in [5, 5.41) is 8.87. The number of rotatable bonds is 9. The van der Waals surface area contributed by atoms with Gasteiger partial charge in [0, 0.05) is 12.0 Å². The van der Waals surface area contributed by atoms with E-state index in [2.05, 4.69) is 28.9 Å². The highest BCUT2D eigenvalue weighted by Crippen LogP contribution is 2.21. The Labute approximate surface area is 162 Å². The zero-order valence-corrected chi connectivity index (χ0v) is 16.5. The van der Waals surface area contributed by atoms with Gasteiger partial charge in [-0.05, 0) is 61.9 Å². The van der Waals surface area contributed by atoms with Crippen molar-refractivity contribution in [3.63, 3.8) is 0 Å². The Balaban J connectivity index is 2.06. The van der Waals surface area contributed by atoms with E-state index < -0.39 is 6.29 Å². The van der Waals surface area contributed by atoms with Crippen molar-refractivity contribution in [2.24, 2.45) is 0 Å². The van der Waals surface area contributed by atoms with Gasteiger partial charge in [-0.15, -0.1) is 0 Å². The summed E-state index contributed by atoms with van der Waals surface area (Å²) in [5.41, 5.74) is 1.23. The van der Waals surface area contributed by atoms with E-state index in [0.29, 0.717) is 22.6 Å². The van der Waals surface area contributed by atoms with Crippen LogP contribution in [-0.2, 0) is 0 Å². The zero-order valence-electron chi connectivity index (χ0n) is 14.9. The van der Waals surface area contributed by atoms with Crippen LogP contribution in [0.5, 0.6) is 11.5 Å². The highest BCUT2D eigenvalue weighted by Gasteiger charge is 2.14. The van der Waals surface area contributed by atoms with Gasteiger partial charge in [0.1, 0.15) is 11.5 Å². The maximum Gasteiger partial charge on any atom is 0.241 e. The van der Waals surface area contributed by atoms with Crippen LogP contribution in [0.15, 0.2) is 48.5 Å². The molecule has 0 heterocycles. The molecule has 2 unspecified atom stereocenters. The Morgan fingerprint density at radius 1 is 1.08 bits per heavy atom. The molecule has 0 saturated heterocycles. The number of alkyl halides is 1. The molecule has 2 rings (SSSR count). The summed E-state index contributed by atoms with van der Waals surface area (Å²) in [7, 11) is 0. The maximum absolute atomic E-state index is 12.0. The highest BCUT2D eigenvalue weighted by atomic mass is 79.9. The molecule has 0 aliphatic rings. The monoisotopic (exact) mass is 415 g/mol. The average Bonchev–Trinajstić information content (AvgIpc) is 2.66. The largest absolute Gasteiger partial charge is 0.455 e. The van der Waals surface area contributed by atoms with E-state index in [4.69, 9.17) is 14.7 Å². The lowest BCUT2D eigenvalue weighted by molar-refractivity contribution is -0.00212. The molecule has 2 aromatic rings. The summed E-state index contributed by atoms with van der Waals surface area (Å²) >= 11 is 3.29. The molecule has 0 fully saturated rings. The Morgan fingerprint density at radius 3 is 2.08 bits per heavy atom. The van der Waals surface area contributed by atoms with Crippen LogP contribution in [0.25, 0.3) is 0 Å². The van der Waals surface area contributed by atoms with Gasteiger partial charge >= 0.3 is 0 Å². The van der Waals surface area contributed by atoms with E-state index in [1.54, 1.807) is 55.5 Å². The van der Waals surface area contributed by atoms with Crippen LogP contribution in [0, 0.1) is 11.3 Å². The number of ether oxygens (including phenoxy) is 2. The molecule has 0 radical (unpaired) electrons. The number of unbranched alkanes of at least 4 members (excludes halogenated alkanes) is 1. The van der Waals surface area contributed by atoms with Crippen LogP contribution in [0.3, 0.4) is 0 Å². The summed E-state index contributed by atoms with van der Waals surface area (Å²) in [6.45, 7) is 3.92. The van der Waals surface area contributed by atoms with Crippen molar-refractivity contribution in [1.82, 2.24) is 0 Å². The lowest BCUT2D eigenvalue weighted by Crippen LogP contribution is -2.24. The van der Waals surface area contributed by atoms with Gasteiger partial charge in [-0.2, -0.15) is 5.26 Å². The first-order valence-electron chi connectivity index (χ1n) is 8.65. The minimum atomic E-state index is -0.431. The number of hydrogen-bond donors (Lipinski definition) is 0. The second kappa shape index (κ2) is 9.98. The van der Waals surface area contributed by atoms with Crippen molar-refractivity contribution in [3.8, 4) is 17.6 Å². The van der Waals surface area contributed by atoms with Crippen molar-refractivity contribution >= 4 is 21.7 Å². The molecule has 2 aromatic carbocycles. The second-order valence-corrected chi connectivity index (χ2v) is 7.32. The van der Waals surface area contributed by atoms with E-state index in [-0.39, 0.29) is 10.6 Å². The topological polar surface area (TPSA) is 59.3 Å². The first kappa shape index (κ1) is 20.0. The van der Waals surface area contributed by atoms with Gasteiger partial charge < -0.3 is 9.47 Å². The molecule has 2 atom stereocenters. The first-order chi connectivity index (χ1) is 12.5. The Morgan fingerprint density at radius 2 is 1.62 bits per heavy atom. The smallest absolute Gasteiger partial charge is 0.241 e. The molecule has 0 N–H and O–H groups in total. The third-order valence-corrected chi connectivity index (χ3v) is 4.23.